The molecule has 0 atom stereocenters. The minimum absolute atomic E-state index is 0.282. The zero-order chi connectivity index (χ0) is 8.72. The van der Waals surface area contributed by atoms with Gasteiger partial charge in [0.25, 0.3) is 0 Å². The van der Waals surface area contributed by atoms with Gasteiger partial charge in [0.2, 0.25) is 0 Å². The lowest BCUT2D eigenvalue weighted by molar-refractivity contribution is 0.183. The maximum Gasteiger partial charge on any atom is 0.363 e. The first kappa shape index (κ1) is 6.90. The summed E-state index contributed by atoms with van der Waals surface area (Å²) in [6, 6.07) is 3.43. The summed E-state index contributed by atoms with van der Waals surface area (Å²) in [5.41, 5.74) is 0.415. The third kappa shape index (κ3) is 0.674. The topological polar surface area (TPSA) is 60.0 Å². The lowest BCUT2D eigenvalue weighted by Crippen LogP contribution is -2.20. The Kier molecular flexibility index (Phi) is 1.21. The summed E-state index contributed by atoms with van der Waals surface area (Å²) in [5, 5.41) is 9.20. The normalized spacial score (nSPS) is 10.8. The first-order valence-electron chi connectivity index (χ1n) is 3.43. The number of aryl methyl sites for hydroxylation is 1. The van der Waals surface area contributed by atoms with Crippen molar-refractivity contribution in [3.8, 4) is 0 Å². The van der Waals surface area contributed by atoms with Gasteiger partial charge in [-0.15, -0.1) is 4.73 Å². The highest BCUT2D eigenvalue weighted by molar-refractivity contribution is 5.70. The maximum atomic E-state index is 11.1. The van der Waals surface area contributed by atoms with Gasteiger partial charge in [-0.05, 0) is 12.1 Å². The number of nitrogens with zero attached hydrogens (tertiary/aromatic N) is 3. The van der Waals surface area contributed by atoms with Crippen LogP contribution in [0, 0.1) is 0 Å². The highest BCUT2D eigenvalue weighted by Crippen LogP contribution is 2.05. The van der Waals surface area contributed by atoms with Gasteiger partial charge in [0.15, 0.2) is 5.65 Å². The average Bonchev–Trinajstić information content (AvgIpc) is 2.33. The van der Waals surface area contributed by atoms with Crippen molar-refractivity contribution in [1.29, 1.82) is 0 Å². The SMILES string of the molecule is Cn1c(=O)n(O)c2ncccc21. The highest BCUT2D eigenvalue weighted by Gasteiger charge is 2.08. The second-order valence-electron chi connectivity index (χ2n) is 2.50. The van der Waals surface area contributed by atoms with E-state index in [1.54, 1.807) is 19.2 Å². The van der Waals surface area contributed by atoms with Gasteiger partial charge in [-0.1, -0.05) is 0 Å². The molecule has 2 aromatic heterocycles. The molecule has 0 spiro atoms. The summed E-state index contributed by atoms with van der Waals surface area (Å²) in [5.74, 6) is 0. The number of hydrogen-bond donors (Lipinski definition) is 1. The minimum atomic E-state index is -0.483. The van der Waals surface area contributed by atoms with E-state index in [4.69, 9.17) is 0 Å². The molecule has 0 aliphatic rings. The predicted molar refractivity (Wildman–Crippen MR) is 42.2 cm³/mol. The van der Waals surface area contributed by atoms with Crippen molar-refractivity contribution < 1.29 is 5.21 Å². The van der Waals surface area contributed by atoms with Crippen molar-refractivity contribution >= 4 is 11.2 Å². The zero-order valence-electron chi connectivity index (χ0n) is 6.43. The molecule has 0 saturated carbocycles. The molecule has 5 heteroatoms. The molecular formula is C7H7N3O2. The van der Waals surface area contributed by atoms with Gasteiger partial charge in [-0.3, -0.25) is 4.57 Å². The first-order valence-corrected chi connectivity index (χ1v) is 3.43. The molecule has 0 amide bonds. The third-order valence-electron chi connectivity index (χ3n) is 1.80. The Balaban J connectivity index is 3.09. The molecule has 0 bridgehead atoms. The van der Waals surface area contributed by atoms with E-state index in [9.17, 15) is 10.0 Å². The second-order valence-corrected chi connectivity index (χ2v) is 2.50. The molecule has 0 aromatic carbocycles. The van der Waals surface area contributed by atoms with Gasteiger partial charge in [-0.25, -0.2) is 9.78 Å². The van der Waals surface area contributed by atoms with Crippen molar-refractivity contribution in [3.63, 3.8) is 0 Å². The van der Waals surface area contributed by atoms with Gasteiger partial charge < -0.3 is 5.21 Å². The van der Waals surface area contributed by atoms with E-state index in [0.717, 1.165) is 0 Å². The quantitative estimate of drug-likeness (QED) is 0.558. The van der Waals surface area contributed by atoms with Gasteiger partial charge in [0.05, 0.1) is 5.52 Å². The smallest absolute Gasteiger partial charge is 0.363 e. The molecule has 0 aliphatic heterocycles. The summed E-state index contributed by atoms with van der Waals surface area (Å²) in [4.78, 5) is 15.0. The Morgan fingerprint density at radius 2 is 2.33 bits per heavy atom. The number of fused-ring (bicyclic) bond motifs is 1. The summed E-state index contributed by atoms with van der Waals surface area (Å²) in [7, 11) is 1.58. The molecule has 12 heavy (non-hydrogen) atoms. The molecule has 0 aliphatic carbocycles. The largest absolute Gasteiger partial charge is 0.422 e. The van der Waals surface area contributed by atoms with Crippen LogP contribution in [0.25, 0.3) is 11.2 Å². The molecule has 2 aromatic rings. The molecule has 5 nitrogen and oxygen atoms in total. The Morgan fingerprint density at radius 1 is 1.58 bits per heavy atom. The molecule has 1 N–H and O–H groups in total. The lowest BCUT2D eigenvalue weighted by Gasteiger charge is -1.88. The molecule has 62 valence electrons. The third-order valence-corrected chi connectivity index (χ3v) is 1.80. The van der Waals surface area contributed by atoms with Crippen LogP contribution in [0.1, 0.15) is 0 Å². The fourth-order valence-corrected chi connectivity index (χ4v) is 1.15. The molecule has 2 heterocycles. The van der Waals surface area contributed by atoms with Crippen LogP contribution in [0.3, 0.4) is 0 Å². The van der Waals surface area contributed by atoms with Crippen LogP contribution >= 0.6 is 0 Å². The molecule has 0 unspecified atom stereocenters. The van der Waals surface area contributed by atoms with E-state index in [1.807, 2.05) is 0 Å². The van der Waals surface area contributed by atoms with Crippen molar-refractivity contribution in [2.75, 3.05) is 0 Å². The van der Waals surface area contributed by atoms with Crippen LogP contribution in [-0.4, -0.2) is 19.5 Å². The summed E-state index contributed by atoms with van der Waals surface area (Å²) >= 11 is 0. The van der Waals surface area contributed by atoms with Crippen LogP contribution in [0.2, 0.25) is 0 Å². The fraction of sp³-hybridized carbons (Fsp3) is 0.143. The van der Waals surface area contributed by atoms with E-state index >= 15 is 0 Å². The summed E-state index contributed by atoms with van der Waals surface area (Å²) in [6.07, 6.45) is 1.52. The van der Waals surface area contributed by atoms with Gasteiger partial charge >= 0.3 is 5.69 Å². The predicted octanol–water partition coefficient (Wildman–Crippen LogP) is -0.0277. The van der Waals surface area contributed by atoms with Gasteiger partial charge in [-0.2, -0.15) is 0 Å². The highest BCUT2D eigenvalue weighted by atomic mass is 16.5. The monoisotopic (exact) mass is 165 g/mol. The standard InChI is InChI=1S/C7H7N3O2/c1-9-5-3-2-4-8-6(5)10(12)7(9)11/h2-4,12H,1H3. The molecule has 0 fully saturated rings. The fourth-order valence-electron chi connectivity index (χ4n) is 1.15. The lowest BCUT2D eigenvalue weighted by atomic mass is 10.4. The van der Waals surface area contributed by atoms with Crippen molar-refractivity contribution in [3.05, 3.63) is 28.8 Å². The Bertz CT molecular complexity index is 441. The van der Waals surface area contributed by atoms with Crippen LogP contribution in [0.5, 0.6) is 0 Å². The van der Waals surface area contributed by atoms with Crippen molar-refractivity contribution in [2.45, 2.75) is 0 Å². The minimum Gasteiger partial charge on any atom is -0.422 e. The number of rotatable bonds is 0. The first-order chi connectivity index (χ1) is 5.72. The molecule has 0 saturated heterocycles. The Morgan fingerprint density at radius 3 is 3.00 bits per heavy atom. The zero-order valence-corrected chi connectivity index (χ0v) is 6.43. The summed E-state index contributed by atoms with van der Waals surface area (Å²) < 4.78 is 1.87. The number of aromatic nitrogens is 3. The van der Waals surface area contributed by atoms with E-state index in [2.05, 4.69) is 4.98 Å². The van der Waals surface area contributed by atoms with Crippen LogP contribution in [-0.2, 0) is 7.05 Å². The van der Waals surface area contributed by atoms with Gasteiger partial charge in [0, 0.05) is 13.2 Å². The molecule has 2 rings (SSSR count). The van der Waals surface area contributed by atoms with E-state index < -0.39 is 5.69 Å². The van der Waals surface area contributed by atoms with Crippen LogP contribution in [0.4, 0.5) is 0 Å². The number of pyridine rings is 1. The average molecular weight is 165 g/mol. The molecule has 0 radical (unpaired) electrons. The van der Waals surface area contributed by atoms with E-state index in [1.165, 1.54) is 10.8 Å². The maximum absolute atomic E-state index is 11.1. The molecular weight excluding hydrogens is 158 g/mol. The van der Waals surface area contributed by atoms with Crippen LogP contribution in [0.15, 0.2) is 23.1 Å². The van der Waals surface area contributed by atoms with Crippen molar-refractivity contribution in [1.82, 2.24) is 14.3 Å². The van der Waals surface area contributed by atoms with Crippen LogP contribution < -0.4 is 5.69 Å². The van der Waals surface area contributed by atoms with Gasteiger partial charge in [0.1, 0.15) is 0 Å². The van der Waals surface area contributed by atoms with E-state index in [-0.39, 0.29) is 5.65 Å². The van der Waals surface area contributed by atoms with E-state index in [0.29, 0.717) is 10.2 Å². The Hall–Kier alpha value is -1.78. The number of hydrogen-bond acceptors (Lipinski definition) is 3. The van der Waals surface area contributed by atoms with Crippen molar-refractivity contribution in [2.24, 2.45) is 7.05 Å². The summed E-state index contributed by atoms with van der Waals surface area (Å²) in [6.45, 7) is 0. The number of imidazole rings is 1. The Labute approximate surface area is 67.5 Å². The second kappa shape index (κ2) is 2.10.